The molecular formula is C24H33NO4S. The number of hydrogen-bond donors (Lipinski definition) is 2. The van der Waals surface area contributed by atoms with Crippen LogP contribution in [0.1, 0.15) is 85.0 Å². The van der Waals surface area contributed by atoms with Crippen LogP contribution in [-0.2, 0) is 11.2 Å². The average Bonchev–Trinajstić information content (AvgIpc) is 3.23. The number of thiophene rings is 1. The van der Waals surface area contributed by atoms with Gasteiger partial charge >= 0.3 is 5.97 Å². The van der Waals surface area contributed by atoms with Crippen molar-refractivity contribution in [3.05, 3.63) is 51.7 Å². The molecule has 5 nitrogen and oxygen atoms in total. The Morgan fingerprint density at radius 2 is 1.73 bits per heavy atom. The molecule has 0 fully saturated rings. The third kappa shape index (κ3) is 7.26. The normalized spacial score (nSPS) is 12.0. The van der Waals surface area contributed by atoms with E-state index < -0.39 is 12.1 Å². The van der Waals surface area contributed by atoms with E-state index in [4.69, 9.17) is 5.11 Å². The summed E-state index contributed by atoms with van der Waals surface area (Å²) in [6.45, 7) is 4.64. The van der Waals surface area contributed by atoms with Crippen LogP contribution in [0, 0.1) is 0 Å². The van der Waals surface area contributed by atoms with E-state index in [1.165, 1.54) is 11.3 Å². The maximum absolute atomic E-state index is 12.5. The monoisotopic (exact) mass is 431 g/mol. The van der Waals surface area contributed by atoms with Crippen molar-refractivity contribution < 1.29 is 19.8 Å². The standard InChI is InChI=1S/C24H33NO4S/c1-3-5-6-10-21(26)18-11-13-19(14-12-18)25(23(27)4-2)17-8-7-9-20-15-16-22(30-20)24(28)29/h11-16,21,26H,3-10,17H2,1-2H3,(H,28,29). The molecule has 1 aromatic heterocycles. The molecule has 30 heavy (non-hydrogen) atoms. The van der Waals surface area contributed by atoms with Crippen molar-refractivity contribution in [1.82, 2.24) is 0 Å². The summed E-state index contributed by atoms with van der Waals surface area (Å²) in [6, 6.07) is 11.2. The fraction of sp³-hybridized carbons (Fsp3) is 0.500. The largest absolute Gasteiger partial charge is 0.477 e. The van der Waals surface area contributed by atoms with Crippen LogP contribution >= 0.6 is 11.3 Å². The summed E-state index contributed by atoms with van der Waals surface area (Å²) in [6.07, 6.45) is 6.55. The lowest BCUT2D eigenvalue weighted by molar-refractivity contribution is -0.118. The Bertz CT molecular complexity index is 800. The number of benzene rings is 1. The van der Waals surface area contributed by atoms with E-state index in [0.29, 0.717) is 17.8 Å². The summed E-state index contributed by atoms with van der Waals surface area (Å²) in [4.78, 5) is 26.7. The molecule has 0 aliphatic rings. The van der Waals surface area contributed by atoms with Gasteiger partial charge in [-0.15, -0.1) is 11.3 Å². The second-order valence-corrected chi connectivity index (χ2v) is 8.70. The molecular weight excluding hydrogens is 398 g/mol. The van der Waals surface area contributed by atoms with Crippen molar-refractivity contribution in [2.24, 2.45) is 0 Å². The second kappa shape index (κ2) is 12.5. The Morgan fingerprint density at radius 1 is 1.00 bits per heavy atom. The van der Waals surface area contributed by atoms with Gasteiger partial charge in [-0.1, -0.05) is 45.2 Å². The van der Waals surface area contributed by atoms with Gasteiger partial charge in [-0.25, -0.2) is 4.79 Å². The third-order valence-corrected chi connectivity index (χ3v) is 6.33. The molecule has 0 bridgehead atoms. The van der Waals surface area contributed by atoms with Crippen molar-refractivity contribution in [3.8, 4) is 0 Å². The third-order valence-electron chi connectivity index (χ3n) is 5.20. The first kappa shape index (κ1) is 24.1. The average molecular weight is 432 g/mol. The number of unbranched alkanes of at least 4 members (excludes halogenated alkanes) is 3. The first-order valence-electron chi connectivity index (χ1n) is 10.9. The van der Waals surface area contributed by atoms with Crippen LogP contribution < -0.4 is 4.90 Å². The summed E-state index contributed by atoms with van der Waals surface area (Å²) >= 11 is 1.31. The topological polar surface area (TPSA) is 77.8 Å². The number of anilines is 1. The minimum Gasteiger partial charge on any atom is -0.477 e. The van der Waals surface area contributed by atoms with E-state index in [0.717, 1.165) is 61.1 Å². The van der Waals surface area contributed by atoms with Gasteiger partial charge in [0.2, 0.25) is 5.91 Å². The molecule has 1 heterocycles. The van der Waals surface area contributed by atoms with Crippen molar-refractivity contribution in [2.75, 3.05) is 11.4 Å². The quantitative estimate of drug-likeness (QED) is 0.391. The number of carboxylic acid groups (broad SMARTS) is 1. The van der Waals surface area contributed by atoms with Crippen LogP contribution in [0.3, 0.4) is 0 Å². The number of carbonyl (C=O) groups excluding carboxylic acids is 1. The summed E-state index contributed by atoms with van der Waals surface area (Å²) in [5.41, 5.74) is 1.75. The van der Waals surface area contributed by atoms with Crippen molar-refractivity contribution in [3.63, 3.8) is 0 Å². The van der Waals surface area contributed by atoms with Gasteiger partial charge in [-0.05, 0) is 55.5 Å². The number of aromatic carboxylic acids is 1. The molecule has 164 valence electrons. The molecule has 1 aromatic carbocycles. The molecule has 1 unspecified atom stereocenters. The van der Waals surface area contributed by atoms with Crippen molar-refractivity contribution in [1.29, 1.82) is 0 Å². The van der Waals surface area contributed by atoms with Gasteiger partial charge < -0.3 is 15.1 Å². The SMILES string of the molecule is CCCCCC(O)c1ccc(N(CCCCc2ccc(C(=O)O)s2)C(=O)CC)cc1. The molecule has 6 heteroatoms. The molecule has 0 aliphatic carbocycles. The summed E-state index contributed by atoms with van der Waals surface area (Å²) < 4.78 is 0. The summed E-state index contributed by atoms with van der Waals surface area (Å²) in [5, 5.41) is 19.3. The van der Waals surface area contributed by atoms with Crippen LogP contribution in [0.25, 0.3) is 0 Å². The number of amides is 1. The number of aliphatic hydroxyl groups is 1. The van der Waals surface area contributed by atoms with Gasteiger partial charge in [0, 0.05) is 23.5 Å². The molecule has 0 saturated carbocycles. The molecule has 0 saturated heterocycles. The zero-order valence-electron chi connectivity index (χ0n) is 18.0. The van der Waals surface area contributed by atoms with Crippen molar-refractivity contribution in [2.45, 2.75) is 71.3 Å². The van der Waals surface area contributed by atoms with E-state index in [9.17, 15) is 14.7 Å². The van der Waals surface area contributed by atoms with E-state index in [-0.39, 0.29) is 5.91 Å². The summed E-state index contributed by atoms with van der Waals surface area (Å²) in [7, 11) is 0. The first-order valence-corrected chi connectivity index (χ1v) is 11.7. The van der Waals surface area contributed by atoms with Crippen molar-refractivity contribution >= 4 is 28.9 Å². The maximum Gasteiger partial charge on any atom is 0.345 e. The molecule has 2 aromatic rings. The highest BCUT2D eigenvalue weighted by Crippen LogP contribution is 2.24. The second-order valence-electron chi connectivity index (χ2n) is 7.53. The smallest absolute Gasteiger partial charge is 0.345 e. The lowest BCUT2D eigenvalue weighted by Gasteiger charge is -2.23. The predicted octanol–water partition coefficient (Wildman–Crippen LogP) is 5.83. The zero-order chi connectivity index (χ0) is 21.9. The Kier molecular flexibility index (Phi) is 10.0. The molecule has 0 aliphatic heterocycles. The number of nitrogens with zero attached hydrogens (tertiary/aromatic N) is 1. The Morgan fingerprint density at radius 3 is 2.33 bits per heavy atom. The number of aliphatic hydroxyl groups excluding tert-OH is 1. The fourth-order valence-electron chi connectivity index (χ4n) is 3.42. The van der Waals surface area contributed by atoms with E-state index in [1.54, 1.807) is 6.07 Å². The predicted molar refractivity (Wildman–Crippen MR) is 122 cm³/mol. The Labute approximate surface area is 183 Å². The molecule has 1 atom stereocenters. The number of aryl methyl sites for hydroxylation is 1. The minimum absolute atomic E-state index is 0.0792. The van der Waals surface area contributed by atoms with E-state index >= 15 is 0 Å². The zero-order valence-corrected chi connectivity index (χ0v) is 18.8. The van der Waals surface area contributed by atoms with Crippen LogP contribution in [0.15, 0.2) is 36.4 Å². The molecule has 0 radical (unpaired) electrons. The first-order chi connectivity index (χ1) is 14.5. The Balaban J connectivity index is 1.91. The van der Waals surface area contributed by atoms with Crippen LogP contribution in [0.2, 0.25) is 0 Å². The highest BCUT2D eigenvalue weighted by Gasteiger charge is 2.15. The van der Waals surface area contributed by atoms with E-state index in [2.05, 4.69) is 6.92 Å². The van der Waals surface area contributed by atoms with Gasteiger partial charge in [0.25, 0.3) is 0 Å². The fourth-order valence-corrected chi connectivity index (χ4v) is 4.30. The lowest BCUT2D eigenvalue weighted by Crippen LogP contribution is -2.31. The molecule has 2 N–H and O–H groups in total. The van der Waals surface area contributed by atoms with Gasteiger partial charge in [-0.3, -0.25) is 4.79 Å². The number of rotatable bonds is 13. The van der Waals surface area contributed by atoms with Crippen LogP contribution in [0.4, 0.5) is 5.69 Å². The van der Waals surface area contributed by atoms with Gasteiger partial charge in [0.15, 0.2) is 0 Å². The van der Waals surface area contributed by atoms with E-state index in [1.807, 2.05) is 42.2 Å². The molecule has 1 amide bonds. The van der Waals surface area contributed by atoms with Gasteiger partial charge in [0.1, 0.15) is 4.88 Å². The van der Waals surface area contributed by atoms with Gasteiger partial charge in [0.05, 0.1) is 6.10 Å². The molecule has 0 spiro atoms. The summed E-state index contributed by atoms with van der Waals surface area (Å²) in [5.74, 6) is -0.805. The highest BCUT2D eigenvalue weighted by molar-refractivity contribution is 7.13. The lowest BCUT2D eigenvalue weighted by atomic mass is 10.0. The number of carbonyl (C=O) groups is 2. The maximum atomic E-state index is 12.5. The van der Waals surface area contributed by atoms with Crippen LogP contribution in [-0.4, -0.2) is 28.6 Å². The van der Waals surface area contributed by atoms with Gasteiger partial charge in [-0.2, -0.15) is 0 Å². The van der Waals surface area contributed by atoms with Crippen LogP contribution in [0.5, 0.6) is 0 Å². The number of hydrogen-bond acceptors (Lipinski definition) is 4. The Hall–Kier alpha value is -2.18. The highest BCUT2D eigenvalue weighted by atomic mass is 32.1. The number of carboxylic acids is 1. The molecule has 2 rings (SSSR count). The minimum atomic E-state index is -0.884.